The van der Waals surface area contributed by atoms with Crippen molar-refractivity contribution >= 4 is 23.2 Å². The van der Waals surface area contributed by atoms with E-state index >= 15 is 0 Å². The molecule has 2 aliphatic rings. The largest absolute Gasteiger partial charge is 0.356 e. The summed E-state index contributed by atoms with van der Waals surface area (Å²) in [6.07, 6.45) is 2.36. The molecule has 0 N–H and O–H groups in total. The second-order valence-electron chi connectivity index (χ2n) is 8.00. The maximum absolute atomic E-state index is 13.3. The van der Waals surface area contributed by atoms with E-state index in [1.807, 2.05) is 31.2 Å². The molecular formula is C24H25ClO3. The molecule has 2 heterocycles. The number of hydrogen-bond donors (Lipinski definition) is 0. The fourth-order valence-corrected chi connectivity index (χ4v) is 4.78. The summed E-state index contributed by atoms with van der Waals surface area (Å²) in [6, 6.07) is 12.0. The molecule has 0 saturated carbocycles. The van der Waals surface area contributed by atoms with Crippen LogP contribution < -0.4 is 0 Å². The van der Waals surface area contributed by atoms with Crippen molar-refractivity contribution in [2.24, 2.45) is 0 Å². The van der Waals surface area contributed by atoms with E-state index in [9.17, 15) is 9.59 Å². The molecule has 2 aliphatic heterocycles. The van der Waals surface area contributed by atoms with Crippen molar-refractivity contribution in [1.82, 2.24) is 0 Å². The number of halogens is 1. The number of ketones is 2. The van der Waals surface area contributed by atoms with Gasteiger partial charge in [0.25, 0.3) is 0 Å². The average Bonchev–Trinajstić information content (AvgIpc) is 3.08. The van der Waals surface area contributed by atoms with Crippen molar-refractivity contribution in [2.75, 3.05) is 0 Å². The summed E-state index contributed by atoms with van der Waals surface area (Å²) in [5.74, 6) is -0.839. The number of hydrogen-bond acceptors (Lipinski definition) is 3. The number of carbonyl (C=O) groups is 2. The van der Waals surface area contributed by atoms with Crippen LogP contribution in [0.5, 0.6) is 0 Å². The molecule has 2 aromatic carbocycles. The molecule has 2 fully saturated rings. The molecule has 0 radical (unpaired) electrons. The molecule has 1 unspecified atom stereocenters. The zero-order valence-electron chi connectivity index (χ0n) is 16.5. The van der Waals surface area contributed by atoms with Gasteiger partial charge in [-0.3, -0.25) is 9.59 Å². The predicted molar refractivity (Wildman–Crippen MR) is 111 cm³/mol. The molecule has 0 spiro atoms. The van der Waals surface area contributed by atoms with Crippen molar-refractivity contribution < 1.29 is 14.3 Å². The number of rotatable bonds is 4. The molecular weight excluding hydrogens is 372 g/mol. The molecule has 0 amide bonds. The fourth-order valence-electron chi connectivity index (χ4n) is 4.66. The summed E-state index contributed by atoms with van der Waals surface area (Å²) in [6.45, 7) is 6.00. The van der Waals surface area contributed by atoms with Gasteiger partial charge in [-0.2, -0.15) is 0 Å². The van der Waals surface area contributed by atoms with Crippen molar-refractivity contribution in [2.45, 2.75) is 64.1 Å². The molecule has 146 valence electrons. The van der Waals surface area contributed by atoms with Crippen LogP contribution in [0.4, 0.5) is 0 Å². The molecule has 0 aliphatic carbocycles. The second-order valence-corrected chi connectivity index (χ2v) is 8.43. The highest BCUT2D eigenvalue weighted by Crippen LogP contribution is 2.45. The quantitative estimate of drug-likeness (QED) is 0.658. The van der Waals surface area contributed by atoms with Gasteiger partial charge >= 0.3 is 0 Å². The topological polar surface area (TPSA) is 43.4 Å². The standard InChI is InChI=1S/C24H25ClO3/c1-4-14-12-17(16-6-8-18(25)9-7-16)13-15(5-2)20(14)21-22(26)19-10-11-24(3,28-19)23(21)27/h6-9,12-13,19,21H,4-5,10-11H2,1-3H3/t19-,21?,24+/m0/s1. The zero-order valence-corrected chi connectivity index (χ0v) is 17.3. The Labute approximate surface area is 171 Å². The number of aryl methyl sites for hydroxylation is 2. The van der Waals surface area contributed by atoms with Gasteiger partial charge in [-0.05, 0) is 72.6 Å². The lowest BCUT2D eigenvalue weighted by atomic mass is 9.76. The Kier molecular flexibility index (Phi) is 4.93. The molecule has 2 bridgehead atoms. The van der Waals surface area contributed by atoms with Gasteiger partial charge in [-0.25, -0.2) is 0 Å². The van der Waals surface area contributed by atoms with Gasteiger partial charge in [0.05, 0.1) is 0 Å². The predicted octanol–water partition coefficient (Wildman–Crippen LogP) is 5.30. The number of ether oxygens (including phenoxy) is 1. The summed E-state index contributed by atoms with van der Waals surface area (Å²) in [7, 11) is 0. The van der Waals surface area contributed by atoms with Crippen molar-refractivity contribution in [3.63, 3.8) is 0 Å². The summed E-state index contributed by atoms with van der Waals surface area (Å²) in [5, 5.41) is 0.703. The van der Waals surface area contributed by atoms with Crippen LogP contribution in [-0.4, -0.2) is 23.3 Å². The summed E-state index contributed by atoms with van der Waals surface area (Å²) in [4.78, 5) is 26.4. The van der Waals surface area contributed by atoms with Gasteiger partial charge in [0.15, 0.2) is 11.6 Å². The summed E-state index contributed by atoms with van der Waals surface area (Å²) < 4.78 is 5.80. The Morgan fingerprint density at radius 3 is 2.21 bits per heavy atom. The van der Waals surface area contributed by atoms with Crippen LogP contribution in [0.25, 0.3) is 11.1 Å². The first-order chi connectivity index (χ1) is 13.4. The number of fused-ring (bicyclic) bond motifs is 2. The molecule has 0 aromatic heterocycles. The number of carbonyl (C=O) groups excluding carboxylic acids is 2. The van der Waals surface area contributed by atoms with Gasteiger partial charge in [0, 0.05) is 5.02 Å². The lowest BCUT2D eigenvalue weighted by molar-refractivity contribution is -0.160. The van der Waals surface area contributed by atoms with E-state index in [0.717, 1.165) is 40.7 Å². The first-order valence-corrected chi connectivity index (χ1v) is 10.4. The smallest absolute Gasteiger partial charge is 0.179 e. The van der Waals surface area contributed by atoms with Crippen LogP contribution in [0.1, 0.15) is 56.2 Å². The van der Waals surface area contributed by atoms with E-state index in [1.54, 1.807) is 0 Å². The van der Waals surface area contributed by atoms with Gasteiger partial charge in [-0.1, -0.05) is 49.7 Å². The van der Waals surface area contributed by atoms with E-state index < -0.39 is 17.6 Å². The van der Waals surface area contributed by atoms with E-state index in [2.05, 4.69) is 26.0 Å². The molecule has 3 nitrogen and oxygen atoms in total. The highest BCUT2D eigenvalue weighted by molar-refractivity contribution is 6.30. The van der Waals surface area contributed by atoms with Gasteiger partial charge in [0.2, 0.25) is 0 Å². The van der Waals surface area contributed by atoms with Crippen molar-refractivity contribution in [1.29, 1.82) is 0 Å². The van der Waals surface area contributed by atoms with E-state index in [1.165, 1.54) is 0 Å². The third kappa shape index (κ3) is 3.01. The molecule has 4 heteroatoms. The third-order valence-electron chi connectivity index (χ3n) is 6.25. The average molecular weight is 397 g/mol. The molecule has 2 aromatic rings. The fraction of sp³-hybridized carbons (Fsp3) is 0.417. The highest BCUT2D eigenvalue weighted by Gasteiger charge is 2.56. The monoisotopic (exact) mass is 396 g/mol. The Morgan fingerprint density at radius 2 is 1.64 bits per heavy atom. The lowest BCUT2D eigenvalue weighted by Gasteiger charge is -2.35. The molecule has 2 saturated heterocycles. The van der Waals surface area contributed by atoms with E-state index in [4.69, 9.17) is 16.3 Å². The minimum absolute atomic E-state index is 0.0661. The maximum Gasteiger partial charge on any atom is 0.179 e. The van der Waals surface area contributed by atoms with Gasteiger partial charge in [0.1, 0.15) is 17.6 Å². The van der Waals surface area contributed by atoms with Crippen LogP contribution >= 0.6 is 11.6 Å². The van der Waals surface area contributed by atoms with Crippen molar-refractivity contribution in [3.8, 4) is 11.1 Å². The van der Waals surface area contributed by atoms with Crippen LogP contribution in [0.2, 0.25) is 5.02 Å². The van der Waals surface area contributed by atoms with Gasteiger partial charge in [-0.15, -0.1) is 0 Å². The summed E-state index contributed by atoms with van der Waals surface area (Å²) >= 11 is 6.03. The minimum Gasteiger partial charge on any atom is -0.356 e. The third-order valence-corrected chi connectivity index (χ3v) is 6.50. The van der Waals surface area contributed by atoms with E-state index in [-0.39, 0.29) is 11.6 Å². The van der Waals surface area contributed by atoms with Gasteiger partial charge < -0.3 is 4.74 Å². The SMILES string of the molecule is CCc1cc(-c2ccc(Cl)cc2)cc(CC)c1C1C(=O)[C@@H]2CC[C@@](C)(O2)C1=O. The molecule has 4 rings (SSSR count). The normalized spacial score (nSPS) is 26.7. The highest BCUT2D eigenvalue weighted by atomic mass is 35.5. The molecule has 3 atom stereocenters. The lowest BCUT2D eigenvalue weighted by Crippen LogP contribution is -2.49. The Morgan fingerprint density at radius 1 is 1.04 bits per heavy atom. The van der Waals surface area contributed by atoms with E-state index in [0.29, 0.717) is 17.9 Å². The summed E-state index contributed by atoms with van der Waals surface area (Å²) in [5.41, 5.74) is 4.40. The first-order valence-electron chi connectivity index (χ1n) is 10.1. The first kappa shape index (κ1) is 19.4. The Balaban J connectivity index is 1.86. The van der Waals surface area contributed by atoms with Crippen LogP contribution in [-0.2, 0) is 27.2 Å². The maximum atomic E-state index is 13.3. The Hall–Kier alpha value is -1.97. The van der Waals surface area contributed by atoms with Crippen LogP contribution in [0.15, 0.2) is 36.4 Å². The number of Topliss-reactive ketones (excluding diaryl/α,β-unsaturated/α-hetero) is 2. The van der Waals surface area contributed by atoms with Crippen LogP contribution in [0, 0.1) is 0 Å². The molecule has 28 heavy (non-hydrogen) atoms. The minimum atomic E-state index is -0.825. The zero-order chi connectivity index (χ0) is 20.1. The van der Waals surface area contributed by atoms with Crippen molar-refractivity contribution in [3.05, 3.63) is 58.1 Å². The van der Waals surface area contributed by atoms with Crippen LogP contribution in [0.3, 0.4) is 0 Å². The second kappa shape index (κ2) is 7.13. The number of benzene rings is 2. The Bertz CT molecular complexity index is 922.